The second kappa shape index (κ2) is 4.58. The fourth-order valence-corrected chi connectivity index (χ4v) is 2.06. The van der Waals surface area contributed by atoms with Gasteiger partial charge in [-0.1, -0.05) is 46.3 Å². The summed E-state index contributed by atoms with van der Waals surface area (Å²) in [7, 11) is 0. The van der Waals surface area contributed by atoms with Gasteiger partial charge in [0, 0.05) is 4.47 Å². The summed E-state index contributed by atoms with van der Waals surface area (Å²) in [6.45, 7) is 0. The molecule has 0 spiro atoms. The molecular weight excluding hydrogens is 255 g/mol. The molecule has 2 aromatic rings. The van der Waals surface area contributed by atoms with E-state index in [2.05, 4.69) is 15.9 Å². The van der Waals surface area contributed by atoms with Gasteiger partial charge in [-0.2, -0.15) is 0 Å². The molecule has 0 saturated heterocycles. The highest BCUT2D eigenvalue weighted by Gasteiger charge is 2.00. The van der Waals surface area contributed by atoms with Crippen LogP contribution >= 0.6 is 15.9 Å². The molecule has 0 amide bonds. The van der Waals surface area contributed by atoms with E-state index >= 15 is 0 Å². The maximum absolute atomic E-state index is 13.1. The minimum absolute atomic E-state index is 0.199. The number of hydrogen-bond donors (Lipinski definition) is 0. The molecule has 0 bridgehead atoms. The van der Waals surface area contributed by atoms with Crippen molar-refractivity contribution in [3.8, 4) is 0 Å². The van der Waals surface area contributed by atoms with Crippen LogP contribution in [0.5, 0.6) is 0 Å². The Balaban J connectivity index is 2.25. The predicted octanol–water partition coefficient (Wildman–Crippen LogP) is 4.18. The number of rotatable bonds is 2. The summed E-state index contributed by atoms with van der Waals surface area (Å²) >= 11 is 3.29. The third-order valence-corrected chi connectivity index (χ3v) is 2.63. The van der Waals surface area contributed by atoms with Crippen LogP contribution in [-0.4, -0.2) is 0 Å². The van der Waals surface area contributed by atoms with Gasteiger partial charge in [0.25, 0.3) is 0 Å². The van der Waals surface area contributed by atoms with E-state index in [-0.39, 0.29) is 5.82 Å². The number of halogens is 2. The van der Waals surface area contributed by atoms with Crippen molar-refractivity contribution in [2.45, 2.75) is 6.42 Å². The summed E-state index contributed by atoms with van der Waals surface area (Å²) in [5, 5.41) is 0. The molecule has 0 unspecified atom stereocenters. The summed E-state index contributed by atoms with van der Waals surface area (Å²) in [4.78, 5) is 0. The Bertz CT molecular complexity index is 431. The quantitative estimate of drug-likeness (QED) is 0.764. The fraction of sp³-hybridized carbons (Fsp3) is 0.0769. The van der Waals surface area contributed by atoms with Crippen LogP contribution in [0.15, 0.2) is 53.0 Å². The molecule has 0 atom stereocenters. The minimum atomic E-state index is -0.199. The highest BCUT2D eigenvalue weighted by Crippen LogP contribution is 2.17. The van der Waals surface area contributed by atoms with Gasteiger partial charge in [-0.15, -0.1) is 0 Å². The molecule has 0 nitrogen and oxygen atoms in total. The third kappa shape index (κ3) is 2.90. The Morgan fingerprint density at radius 2 is 1.67 bits per heavy atom. The van der Waals surface area contributed by atoms with Crippen LogP contribution in [0.2, 0.25) is 0 Å². The topological polar surface area (TPSA) is 0 Å². The van der Waals surface area contributed by atoms with E-state index in [1.54, 1.807) is 6.07 Å². The second-order valence-electron chi connectivity index (χ2n) is 3.44. The Hall–Kier alpha value is -1.15. The average molecular weight is 265 g/mol. The largest absolute Gasteiger partial charge is 0.207 e. The summed E-state index contributed by atoms with van der Waals surface area (Å²) in [6, 6.07) is 15.0. The van der Waals surface area contributed by atoms with Crippen LogP contribution in [0, 0.1) is 5.82 Å². The molecule has 15 heavy (non-hydrogen) atoms. The molecule has 2 heteroatoms. The van der Waals surface area contributed by atoms with E-state index in [1.165, 1.54) is 11.6 Å². The van der Waals surface area contributed by atoms with E-state index in [1.807, 2.05) is 36.4 Å². The van der Waals surface area contributed by atoms with E-state index in [0.717, 1.165) is 16.5 Å². The Labute approximate surface area is 96.9 Å². The molecule has 76 valence electrons. The number of hydrogen-bond acceptors (Lipinski definition) is 0. The maximum Gasteiger partial charge on any atom is 0.124 e. The smallest absolute Gasteiger partial charge is 0.124 e. The van der Waals surface area contributed by atoms with Crippen LogP contribution in [0.1, 0.15) is 11.1 Å². The molecule has 2 aromatic carbocycles. The average Bonchev–Trinajstić information content (AvgIpc) is 2.17. The SMILES string of the molecule is Fc1cc(Br)cc(Cc2ccccc2)c1. The zero-order valence-electron chi connectivity index (χ0n) is 8.08. The Morgan fingerprint density at radius 3 is 2.33 bits per heavy atom. The lowest BCUT2D eigenvalue weighted by atomic mass is 10.1. The summed E-state index contributed by atoms with van der Waals surface area (Å²) in [5.41, 5.74) is 2.17. The molecule has 0 aliphatic carbocycles. The van der Waals surface area contributed by atoms with Crippen molar-refractivity contribution >= 4 is 15.9 Å². The van der Waals surface area contributed by atoms with Crippen LogP contribution in [0.25, 0.3) is 0 Å². The molecule has 0 N–H and O–H groups in total. The summed E-state index contributed by atoms with van der Waals surface area (Å²) < 4.78 is 13.9. The molecule has 0 saturated carbocycles. The first-order chi connectivity index (χ1) is 7.24. The lowest BCUT2D eigenvalue weighted by Gasteiger charge is -2.02. The zero-order chi connectivity index (χ0) is 10.7. The van der Waals surface area contributed by atoms with Crippen molar-refractivity contribution in [2.75, 3.05) is 0 Å². The molecular formula is C13H10BrF. The number of benzene rings is 2. The summed E-state index contributed by atoms with van der Waals surface area (Å²) in [5.74, 6) is -0.199. The molecule has 0 heterocycles. The second-order valence-corrected chi connectivity index (χ2v) is 4.36. The van der Waals surface area contributed by atoms with Crippen LogP contribution in [-0.2, 0) is 6.42 Å². The van der Waals surface area contributed by atoms with Crippen molar-refractivity contribution in [1.82, 2.24) is 0 Å². The van der Waals surface area contributed by atoms with Crippen molar-refractivity contribution in [2.24, 2.45) is 0 Å². The molecule has 2 rings (SSSR count). The van der Waals surface area contributed by atoms with Crippen LogP contribution in [0.4, 0.5) is 4.39 Å². The zero-order valence-corrected chi connectivity index (χ0v) is 9.67. The van der Waals surface area contributed by atoms with E-state index in [0.29, 0.717) is 0 Å². The first-order valence-electron chi connectivity index (χ1n) is 4.73. The van der Waals surface area contributed by atoms with E-state index in [4.69, 9.17) is 0 Å². The van der Waals surface area contributed by atoms with E-state index < -0.39 is 0 Å². The predicted molar refractivity (Wildman–Crippen MR) is 63.3 cm³/mol. The first-order valence-corrected chi connectivity index (χ1v) is 5.52. The third-order valence-electron chi connectivity index (χ3n) is 2.17. The van der Waals surface area contributed by atoms with E-state index in [9.17, 15) is 4.39 Å². The lowest BCUT2D eigenvalue weighted by Crippen LogP contribution is -1.89. The fourth-order valence-electron chi connectivity index (χ4n) is 1.54. The normalized spacial score (nSPS) is 10.3. The van der Waals surface area contributed by atoms with Gasteiger partial charge in [0.05, 0.1) is 0 Å². The van der Waals surface area contributed by atoms with Crippen LogP contribution in [0.3, 0.4) is 0 Å². The van der Waals surface area contributed by atoms with Gasteiger partial charge in [0.15, 0.2) is 0 Å². The molecule has 0 fully saturated rings. The Morgan fingerprint density at radius 1 is 0.933 bits per heavy atom. The molecule has 0 aliphatic heterocycles. The molecule has 0 aromatic heterocycles. The highest BCUT2D eigenvalue weighted by atomic mass is 79.9. The van der Waals surface area contributed by atoms with Crippen LogP contribution < -0.4 is 0 Å². The minimum Gasteiger partial charge on any atom is -0.207 e. The first kappa shape index (κ1) is 10.4. The summed E-state index contributed by atoms with van der Waals surface area (Å²) in [6.07, 6.45) is 0.761. The van der Waals surface area contributed by atoms with Gasteiger partial charge in [-0.05, 0) is 35.7 Å². The van der Waals surface area contributed by atoms with Gasteiger partial charge in [0.1, 0.15) is 5.82 Å². The highest BCUT2D eigenvalue weighted by molar-refractivity contribution is 9.10. The molecule has 0 aliphatic rings. The Kier molecular flexibility index (Phi) is 3.17. The van der Waals surface area contributed by atoms with Gasteiger partial charge in [-0.25, -0.2) is 4.39 Å². The van der Waals surface area contributed by atoms with Gasteiger partial charge >= 0.3 is 0 Å². The van der Waals surface area contributed by atoms with Crippen molar-refractivity contribution < 1.29 is 4.39 Å². The standard InChI is InChI=1S/C13H10BrF/c14-12-7-11(8-13(15)9-12)6-10-4-2-1-3-5-10/h1-5,7-9H,6H2. The monoisotopic (exact) mass is 264 g/mol. The van der Waals surface area contributed by atoms with Crippen molar-refractivity contribution in [1.29, 1.82) is 0 Å². The lowest BCUT2D eigenvalue weighted by molar-refractivity contribution is 0.625. The van der Waals surface area contributed by atoms with Crippen molar-refractivity contribution in [3.05, 3.63) is 69.9 Å². The van der Waals surface area contributed by atoms with Crippen molar-refractivity contribution in [3.63, 3.8) is 0 Å². The van der Waals surface area contributed by atoms with Gasteiger partial charge in [-0.3, -0.25) is 0 Å². The van der Waals surface area contributed by atoms with Gasteiger partial charge in [0.2, 0.25) is 0 Å². The van der Waals surface area contributed by atoms with Gasteiger partial charge < -0.3 is 0 Å². The molecule has 0 radical (unpaired) electrons. The maximum atomic E-state index is 13.1.